The van der Waals surface area contributed by atoms with Crippen LogP contribution in [-0.2, 0) is 6.54 Å². The average Bonchev–Trinajstić information content (AvgIpc) is 2.89. The third-order valence-corrected chi connectivity index (χ3v) is 2.70. The van der Waals surface area contributed by atoms with Gasteiger partial charge in [0.25, 0.3) is 0 Å². The molecule has 0 aliphatic carbocycles. The Labute approximate surface area is 99.1 Å². The lowest BCUT2D eigenvalue weighted by atomic mass is 10.1. The molecular formula is C14H12N2O. The van der Waals surface area contributed by atoms with Gasteiger partial charge in [0.1, 0.15) is 5.76 Å². The van der Waals surface area contributed by atoms with E-state index in [0.717, 1.165) is 11.4 Å². The number of hydrogen-bond donors (Lipinski definition) is 1. The van der Waals surface area contributed by atoms with Gasteiger partial charge in [0, 0.05) is 5.69 Å². The summed E-state index contributed by atoms with van der Waals surface area (Å²) in [6, 6.07) is 14.6. The second-order valence-corrected chi connectivity index (χ2v) is 3.88. The summed E-state index contributed by atoms with van der Waals surface area (Å²) < 4.78 is 5.17. The van der Waals surface area contributed by atoms with Crippen molar-refractivity contribution < 1.29 is 4.42 Å². The van der Waals surface area contributed by atoms with Crippen molar-refractivity contribution >= 4 is 16.5 Å². The minimum absolute atomic E-state index is 0.651. The summed E-state index contributed by atoms with van der Waals surface area (Å²) in [5.74, 6) is 0.832. The fourth-order valence-electron chi connectivity index (χ4n) is 1.82. The fourth-order valence-corrected chi connectivity index (χ4v) is 1.82. The van der Waals surface area contributed by atoms with Crippen molar-refractivity contribution in [3.63, 3.8) is 0 Å². The van der Waals surface area contributed by atoms with Crippen molar-refractivity contribution in [2.24, 2.45) is 0 Å². The highest BCUT2D eigenvalue weighted by molar-refractivity contribution is 5.85. The minimum Gasteiger partial charge on any atom is -0.447 e. The monoisotopic (exact) mass is 224 g/mol. The number of rotatable bonds is 3. The van der Waals surface area contributed by atoms with Gasteiger partial charge in [-0.3, -0.25) is 0 Å². The van der Waals surface area contributed by atoms with Gasteiger partial charge in [0.05, 0.1) is 12.7 Å². The van der Waals surface area contributed by atoms with E-state index in [-0.39, 0.29) is 0 Å². The van der Waals surface area contributed by atoms with Gasteiger partial charge in [-0.05, 0) is 22.9 Å². The molecule has 3 rings (SSSR count). The lowest BCUT2D eigenvalue weighted by Gasteiger charge is -2.05. The van der Waals surface area contributed by atoms with E-state index in [1.54, 1.807) is 6.20 Å². The molecule has 17 heavy (non-hydrogen) atoms. The molecule has 0 atom stereocenters. The van der Waals surface area contributed by atoms with Crippen molar-refractivity contribution in [3.05, 3.63) is 60.8 Å². The number of oxazole rings is 1. The van der Waals surface area contributed by atoms with E-state index in [9.17, 15) is 0 Å². The topological polar surface area (TPSA) is 38.1 Å². The molecule has 3 heteroatoms. The van der Waals surface area contributed by atoms with E-state index in [4.69, 9.17) is 4.42 Å². The highest BCUT2D eigenvalue weighted by atomic mass is 16.3. The Kier molecular flexibility index (Phi) is 2.50. The number of nitrogens with one attached hydrogen (secondary N) is 1. The number of fused-ring (bicyclic) bond motifs is 1. The third-order valence-electron chi connectivity index (χ3n) is 2.70. The van der Waals surface area contributed by atoms with E-state index in [2.05, 4.69) is 40.6 Å². The average molecular weight is 224 g/mol. The Hall–Kier alpha value is -2.29. The molecular weight excluding hydrogens is 212 g/mol. The summed E-state index contributed by atoms with van der Waals surface area (Å²) in [7, 11) is 0. The molecule has 0 saturated carbocycles. The number of nitrogens with zero attached hydrogens (tertiary/aromatic N) is 1. The molecule has 3 aromatic rings. The van der Waals surface area contributed by atoms with Gasteiger partial charge in [0.2, 0.25) is 0 Å². The van der Waals surface area contributed by atoms with Crippen LogP contribution in [0.3, 0.4) is 0 Å². The Bertz CT molecular complexity index is 617. The molecule has 0 unspecified atom stereocenters. The quantitative estimate of drug-likeness (QED) is 0.740. The van der Waals surface area contributed by atoms with Crippen molar-refractivity contribution in [1.82, 2.24) is 4.98 Å². The highest BCUT2D eigenvalue weighted by Crippen LogP contribution is 2.19. The van der Waals surface area contributed by atoms with Gasteiger partial charge < -0.3 is 9.73 Å². The summed E-state index contributed by atoms with van der Waals surface area (Å²) in [6.45, 7) is 0.651. The Morgan fingerprint density at radius 2 is 1.94 bits per heavy atom. The molecule has 2 aromatic carbocycles. The maximum atomic E-state index is 5.17. The SMILES string of the molecule is c1ccc2cc(NCc3cnco3)ccc2c1. The molecule has 0 fully saturated rings. The van der Waals surface area contributed by atoms with Crippen molar-refractivity contribution in [2.75, 3.05) is 5.32 Å². The molecule has 1 aromatic heterocycles. The second-order valence-electron chi connectivity index (χ2n) is 3.88. The summed E-state index contributed by atoms with van der Waals surface area (Å²) >= 11 is 0. The largest absolute Gasteiger partial charge is 0.447 e. The summed E-state index contributed by atoms with van der Waals surface area (Å²) in [6.07, 6.45) is 3.16. The van der Waals surface area contributed by atoms with Crippen LogP contribution >= 0.6 is 0 Å². The summed E-state index contributed by atoms with van der Waals surface area (Å²) in [4.78, 5) is 3.88. The molecule has 0 aliphatic rings. The van der Waals surface area contributed by atoms with Crippen LogP contribution in [-0.4, -0.2) is 4.98 Å². The predicted octanol–water partition coefficient (Wildman–Crippen LogP) is 3.44. The van der Waals surface area contributed by atoms with Crippen LogP contribution < -0.4 is 5.32 Å². The summed E-state index contributed by atoms with van der Waals surface area (Å²) in [5.41, 5.74) is 1.08. The van der Waals surface area contributed by atoms with Gasteiger partial charge in [0.15, 0.2) is 6.39 Å². The summed E-state index contributed by atoms with van der Waals surface area (Å²) in [5, 5.41) is 5.78. The Morgan fingerprint density at radius 1 is 1.06 bits per heavy atom. The molecule has 3 nitrogen and oxygen atoms in total. The molecule has 84 valence electrons. The van der Waals surface area contributed by atoms with Crippen LogP contribution in [0, 0.1) is 0 Å². The molecule has 0 bridgehead atoms. The van der Waals surface area contributed by atoms with E-state index >= 15 is 0 Å². The first-order chi connectivity index (χ1) is 8.42. The van der Waals surface area contributed by atoms with Gasteiger partial charge in [-0.15, -0.1) is 0 Å². The zero-order chi connectivity index (χ0) is 11.5. The molecule has 1 N–H and O–H groups in total. The first-order valence-corrected chi connectivity index (χ1v) is 5.52. The molecule has 0 saturated heterocycles. The Balaban J connectivity index is 1.81. The normalized spacial score (nSPS) is 10.6. The van der Waals surface area contributed by atoms with Crippen LogP contribution in [0.25, 0.3) is 10.8 Å². The number of anilines is 1. The van der Waals surface area contributed by atoms with Crippen molar-refractivity contribution in [1.29, 1.82) is 0 Å². The molecule has 0 spiro atoms. The Morgan fingerprint density at radius 3 is 2.76 bits per heavy atom. The maximum absolute atomic E-state index is 5.17. The zero-order valence-corrected chi connectivity index (χ0v) is 9.26. The van der Waals surface area contributed by atoms with Crippen molar-refractivity contribution in [2.45, 2.75) is 6.54 Å². The van der Waals surface area contributed by atoms with E-state index in [0.29, 0.717) is 6.54 Å². The minimum atomic E-state index is 0.651. The van der Waals surface area contributed by atoms with Gasteiger partial charge >= 0.3 is 0 Å². The molecule has 0 amide bonds. The van der Waals surface area contributed by atoms with Gasteiger partial charge in [-0.2, -0.15) is 0 Å². The van der Waals surface area contributed by atoms with E-state index < -0.39 is 0 Å². The first kappa shape index (κ1) is 9.90. The van der Waals surface area contributed by atoms with Gasteiger partial charge in [-0.1, -0.05) is 30.3 Å². The molecule has 0 aliphatic heterocycles. The predicted molar refractivity (Wildman–Crippen MR) is 67.8 cm³/mol. The van der Waals surface area contributed by atoms with E-state index in [1.807, 2.05) is 12.1 Å². The van der Waals surface area contributed by atoms with Gasteiger partial charge in [-0.25, -0.2) is 4.98 Å². The number of benzene rings is 2. The van der Waals surface area contributed by atoms with Crippen LogP contribution in [0.1, 0.15) is 5.76 Å². The lowest BCUT2D eigenvalue weighted by Crippen LogP contribution is -1.97. The standard InChI is InChI=1S/C14H12N2O/c1-2-4-12-7-13(6-5-11(12)3-1)16-9-14-8-15-10-17-14/h1-8,10,16H,9H2. The van der Waals surface area contributed by atoms with Crippen LogP contribution in [0.5, 0.6) is 0 Å². The smallest absolute Gasteiger partial charge is 0.180 e. The third kappa shape index (κ3) is 2.13. The van der Waals surface area contributed by atoms with Crippen LogP contribution in [0.4, 0.5) is 5.69 Å². The maximum Gasteiger partial charge on any atom is 0.180 e. The second kappa shape index (κ2) is 4.29. The fraction of sp³-hybridized carbons (Fsp3) is 0.0714. The number of hydrogen-bond acceptors (Lipinski definition) is 3. The number of aromatic nitrogens is 1. The molecule has 1 heterocycles. The lowest BCUT2D eigenvalue weighted by molar-refractivity contribution is 0.512. The first-order valence-electron chi connectivity index (χ1n) is 5.52. The van der Waals surface area contributed by atoms with E-state index in [1.165, 1.54) is 17.2 Å². The zero-order valence-electron chi connectivity index (χ0n) is 9.26. The van der Waals surface area contributed by atoms with Crippen LogP contribution in [0.15, 0.2) is 59.5 Å². The van der Waals surface area contributed by atoms with Crippen LogP contribution in [0.2, 0.25) is 0 Å². The highest BCUT2D eigenvalue weighted by Gasteiger charge is 1.98. The van der Waals surface area contributed by atoms with Crippen molar-refractivity contribution in [3.8, 4) is 0 Å². The molecule has 0 radical (unpaired) electrons.